The Bertz CT molecular complexity index is 3470. The van der Waals surface area contributed by atoms with E-state index in [1.54, 1.807) is 0 Å². The van der Waals surface area contributed by atoms with Gasteiger partial charge in [0.25, 0.3) is 0 Å². The van der Waals surface area contributed by atoms with E-state index in [1.807, 2.05) is 0 Å². The second kappa shape index (κ2) is 10.3. The quantitative estimate of drug-likeness (QED) is 0.136. The van der Waals surface area contributed by atoms with Gasteiger partial charge in [0.15, 0.2) is 0 Å². The minimum Gasteiger partial charge on any atom is -0.455 e. The van der Waals surface area contributed by atoms with Gasteiger partial charge in [0, 0.05) is 43.8 Å². The highest BCUT2D eigenvalue weighted by atomic mass is 16.3. The molecule has 2 nitrogen and oxygen atoms in total. The van der Waals surface area contributed by atoms with Crippen LogP contribution in [0.25, 0.3) is 120 Å². The van der Waals surface area contributed by atoms with Gasteiger partial charge in [0.05, 0.1) is 0 Å². The highest BCUT2D eigenvalue weighted by Gasteiger charge is 2.24. The van der Waals surface area contributed by atoms with Gasteiger partial charge < -0.3 is 8.83 Å². The number of rotatable bonds is 2. The van der Waals surface area contributed by atoms with E-state index >= 15 is 0 Å². The molecule has 0 aliphatic heterocycles. The van der Waals surface area contributed by atoms with Crippen LogP contribution in [0.15, 0.2) is 179 Å². The molecule has 0 saturated carbocycles. The summed E-state index contributed by atoms with van der Waals surface area (Å²) in [5.41, 5.74) is 8.17. The fraction of sp³-hybridized carbons (Fsp3) is 0. The Kier molecular flexibility index (Phi) is 5.53. The average molecular weight is 661 g/mol. The fourth-order valence-electron chi connectivity index (χ4n) is 8.88. The van der Waals surface area contributed by atoms with E-state index < -0.39 is 0 Å². The minimum absolute atomic E-state index is 0.903. The SMILES string of the molecule is c1ccc2cc3c(cc2c1)oc1c(-c2c4ccccc4c(-c4cccc5c4oc4cc6ccccc6cc45)c4c2ccc2ccccc24)cccc13. The summed E-state index contributed by atoms with van der Waals surface area (Å²) in [6.45, 7) is 0. The molecule has 0 N–H and O–H groups in total. The highest BCUT2D eigenvalue weighted by molar-refractivity contribution is 6.31. The summed E-state index contributed by atoms with van der Waals surface area (Å²) >= 11 is 0. The van der Waals surface area contributed by atoms with Gasteiger partial charge >= 0.3 is 0 Å². The third-order valence-corrected chi connectivity index (χ3v) is 11.2. The van der Waals surface area contributed by atoms with Crippen LogP contribution in [0.5, 0.6) is 0 Å². The first-order valence-electron chi connectivity index (χ1n) is 17.8. The van der Waals surface area contributed by atoms with Crippen molar-refractivity contribution in [3.05, 3.63) is 170 Å². The van der Waals surface area contributed by atoms with Gasteiger partial charge in [0.1, 0.15) is 22.3 Å². The molecule has 0 radical (unpaired) electrons. The molecule has 0 bridgehead atoms. The molecule has 0 amide bonds. The highest BCUT2D eigenvalue weighted by Crippen LogP contribution is 2.50. The Morgan fingerprint density at radius 1 is 0.269 bits per heavy atom. The largest absolute Gasteiger partial charge is 0.455 e. The Labute approximate surface area is 297 Å². The van der Waals surface area contributed by atoms with Gasteiger partial charge in [0.2, 0.25) is 0 Å². The zero-order valence-corrected chi connectivity index (χ0v) is 28.0. The van der Waals surface area contributed by atoms with Gasteiger partial charge in [-0.3, -0.25) is 0 Å². The molecule has 0 atom stereocenters. The van der Waals surface area contributed by atoms with Gasteiger partial charge in [-0.2, -0.15) is 0 Å². The van der Waals surface area contributed by atoms with Crippen LogP contribution in [-0.2, 0) is 0 Å². The number of para-hydroxylation sites is 2. The van der Waals surface area contributed by atoms with E-state index in [2.05, 4.69) is 170 Å². The number of furan rings is 2. The lowest BCUT2D eigenvalue weighted by Crippen LogP contribution is -1.92. The van der Waals surface area contributed by atoms with Crippen molar-refractivity contribution in [1.29, 1.82) is 0 Å². The molecular formula is C50H28O2. The molecule has 12 rings (SSSR count). The third kappa shape index (κ3) is 3.78. The first-order chi connectivity index (χ1) is 25.8. The standard InChI is InChI=1S/C50H28O2/c1-3-14-32-27-44-42(25-30(32)12-1)37-19-9-21-40(49(37)51-44)46-35-17-7-8-18-36(35)48(47-34-16-6-5-11-29(34)23-24-39(46)47)41-22-10-20-38-43-26-31-13-2-4-15-33(31)28-45(43)52-50(38)41/h1-28H. The molecule has 0 saturated heterocycles. The van der Waals surface area contributed by atoms with Crippen molar-refractivity contribution in [1.82, 2.24) is 0 Å². The first-order valence-corrected chi connectivity index (χ1v) is 17.8. The summed E-state index contributed by atoms with van der Waals surface area (Å²) in [5, 5.41) is 16.5. The van der Waals surface area contributed by atoms with Gasteiger partial charge in [-0.1, -0.05) is 146 Å². The maximum absolute atomic E-state index is 6.88. The van der Waals surface area contributed by atoms with Crippen molar-refractivity contribution in [2.45, 2.75) is 0 Å². The van der Waals surface area contributed by atoms with Crippen molar-refractivity contribution >= 4 is 97.7 Å². The van der Waals surface area contributed by atoms with Crippen LogP contribution in [0.3, 0.4) is 0 Å². The van der Waals surface area contributed by atoms with Gasteiger partial charge in [-0.05, 0) is 78.1 Å². The lowest BCUT2D eigenvalue weighted by Gasteiger charge is -2.19. The minimum atomic E-state index is 0.903. The molecule has 0 fully saturated rings. The topological polar surface area (TPSA) is 26.3 Å². The van der Waals surface area contributed by atoms with Gasteiger partial charge in [-0.25, -0.2) is 0 Å². The Hall–Kier alpha value is -6.90. The number of fused-ring (bicyclic) bond motifs is 12. The van der Waals surface area contributed by atoms with E-state index in [9.17, 15) is 0 Å². The van der Waals surface area contributed by atoms with Crippen LogP contribution in [0.4, 0.5) is 0 Å². The smallest absolute Gasteiger partial charge is 0.143 e. The number of hydrogen-bond acceptors (Lipinski definition) is 2. The molecule has 240 valence electrons. The third-order valence-electron chi connectivity index (χ3n) is 11.2. The van der Waals surface area contributed by atoms with E-state index in [1.165, 1.54) is 65.0 Å². The lowest BCUT2D eigenvalue weighted by atomic mass is 9.83. The average Bonchev–Trinajstić information content (AvgIpc) is 3.75. The summed E-state index contributed by atoms with van der Waals surface area (Å²) in [6, 6.07) is 61.3. The van der Waals surface area contributed by atoms with Crippen LogP contribution in [0, 0.1) is 0 Å². The maximum atomic E-state index is 6.88. The normalized spacial score (nSPS) is 12.2. The first kappa shape index (κ1) is 27.9. The lowest BCUT2D eigenvalue weighted by molar-refractivity contribution is 0.670. The number of benzene rings is 10. The van der Waals surface area contributed by atoms with Crippen LogP contribution in [0.1, 0.15) is 0 Å². The number of hydrogen-bond donors (Lipinski definition) is 0. The van der Waals surface area contributed by atoms with Gasteiger partial charge in [-0.15, -0.1) is 0 Å². The summed E-state index contributed by atoms with van der Waals surface area (Å²) in [5.74, 6) is 0. The van der Waals surface area contributed by atoms with E-state index in [-0.39, 0.29) is 0 Å². The Morgan fingerprint density at radius 2 is 0.712 bits per heavy atom. The van der Waals surface area contributed by atoms with Crippen molar-refractivity contribution in [2.75, 3.05) is 0 Å². The molecule has 0 aliphatic carbocycles. The van der Waals surface area contributed by atoms with Crippen molar-refractivity contribution in [2.24, 2.45) is 0 Å². The zero-order chi connectivity index (χ0) is 33.9. The van der Waals surface area contributed by atoms with Crippen LogP contribution >= 0.6 is 0 Å². The predicted molar refractivity (Wildman–Crippen MR) is 219 cm³/mol. The van der Waals surface area contributed by atoms with E-state index in [4.69, 9.17) is 8.83 Å². The van der Waals surface area contributed by atoms with Crippen molar-refractivity contribution in [3.8, 4) is 22.3 Å². The molecule has 2 heteroatoms. The molecule has 0 aliphatic rings. The Morgan fingerprint density at radius 3 is 1.29 bits per heavy atom. The van der Waals surface area contributed by atoms with Crippen LogP contribution in [0.2, 0.25) is 0 Å². The molecule has 52 heavy (non-hydrogen) atoms. The fourth-order valence-corrected chi connectivity index (χ4v) is 8.88. The van der Waals surface area contributed by atoms with Crippen LogP contribution in [-0.4, -0.2) is 0 Å². The molecule has 10 aromatic carbocycles. The summed E-state index contributed by atoms with van der Waals surface area (Å²) < 4.78 is 13.7. The van der Waals surface area contributed by atoms with Crippen molar-refractivity contribution < 1.29 is 8.83 Å². The Balaban J connectivity index is 1.24. The molecule has 0 spiro atoms. The second-order valence-corrected chi connectivity index (χ2v) is 14.0. The molecule has 0 unspecified atom stereocenters. The summed E-state index contributed by atoms with van der Waals surface area (Å²) in [4.78, 5) is 0. The molecule has 2 aromatic heterocycles. The van der Waals surface area contributed by atoms with E-state index in [0.717, 1.165) is 55.0 Å². The second-order valence-electron chi connectivity index (χ2n) is 14.0. The molecule has 2 heterocycles. The zero-order valence-electron chi connectivity index (χ0n) is 28.0. The van der Waals surface area contributed by atoms with E-state index in [0.29, 0.717) is 0 Å². The molecule has 12 aromatic rings. The summed E-state index contributed by atoms with van der Waals surface area (Å²) in [7, 11) is 0. The van der Waals surface area contributed by atoms with Crippen molar-refractivity contribution in [3.63, 3.8) is 0 Å². The van der Waals surface area contributed by atoms with Crippen LogP contribution < -0.4 is 0 Å². The predicted octanol–water partition coefficient (Wildman–Crippen LogP) is 14.6. The summed E-state index contributed by atoms with van der Waals surface area (Å²) in [6.07, 6.45) is 0. The maximum Gasteiger partial charge on any atom is 0.143 e. The monoisotopic (exact) mass is 660 g/mol. The molecular weight excluding hydrogens is 633 g/mol.